The largest absolute Gasteiger partial charge is 0.490 e. The second-order valence-corrected chi connectivity index (χ2v) is 9.73. The molecule has 0 aliphatic heterocycles. The maximum Gasteiger partial charge on any atom is 0.243 e. The van der Waals surface area contributed by atoms with E-state index in [1.54, 1.807) is 19.9 Å². The summed E-state index contributed by atoms with van der Waals surface area (Å²) in [5.41, 5.74) is 0.328. The van der Waals surface area contributed by atoms with E-state index in [2.05, 4.69) is 5.32 Å². The Balaban J connectivity index is 2.08. The molecule has 0 heterocycles. The molecule has 0 aromatic heterocycles. The highest BCUT2D eigenvalue weighted by molar-refractivity contribution is 7.89. The minimum atomic E-state index is -3.67. The number of para-hydroxylation sites is 2. The van der Waals surface area contributed by atoms with Gasteiger partial charge in [0.2, 0.25) is 15.9 Å². The molecular weight excluding hydrogens is 456 g/mol. The molecule has 1 N–H and O–H groups in total. The third-order valence-corrected chi connectivity index (χ3v) is 6.93. The first-order valence-electron chi connectivity index (χ1n) is 11.7. The zero-order valence-corrected chi connectivity index (χ0v) is 21.5. The van der Waals surface area contributed by atoms with Crippen molar-refractivity contribution in [3.63, 3.8) is 0 Å². The van der Waals surface area contributed by atoms with Gasteiger partial charge in [-0.25, -0.2) is 8.42 Å². The van der Waals surface area contributed by atoms with Crippen molar-refractivity contribution in [1.82, 2.24) is 4.31 Å². The van der Waals surface area contributed by atoms with Crippen LogP contribution >= 0.6 is 0 Å². The molecule has 0 saturated carbocycles. The molecule has 0 bridgehead atoms. The van der Waals surface area contributed by atoms with Gasteiger partial charge in [-0.15, -0.1) is 0 Å². The number of nitrogens with one attached hydrogen (secondary N) is 1. The summed E-state index contributed by atoms with van der Waals surface area (Å²) in [5.74, 6) is 1.46. The summed E-state index contributed by atoms with van der Waals surface area (Å²) in [5, 5.41) is 2.81. The lowest BCUT2D eigenvalue weighted by Crippen LogP contribution is -2.30. The number of benzene rings is 2. The summed E-state index contributed by atoms with van der Waals surface area (Å²) < 4.78 is 44.3. The van der Waals surface area contributed by atoms with E-state index in [4.69, 9.17) is 14.2 Å². The number of carbonyl (C=O) groups is 1. The van der Waals surface area contributed by atoms with Gasteiger partial charge in [0.1, 0.15) is 5.75 Å². The average molecular weight is 493 g/mol. The van der Waals surface area contributed by atoms with Gasteiger partial charge in [0, 0.05) is 19.5 Å². The molecule has 2 aromatic carbocycles. The Morgan fingerprint density at radius 3 is 2.21 bits per heavy atom. The molecule has 9 heteroatoms. The summed E-state index contributed by atoms with van der Waals surface area (Å²) in [6, 6.07) is 11.9. The predicted molar refractivity (Wildman–Crippen MR) is 133 cm³/mol. The summed E-state index contributed by atoms with van der Waals surface area (Å²) in [7, 11) is -3.67. The number of ether oxygens (including phenoxy) is 3. The van der Waals surface area contributed by atoms with Crippen molar-refractivity contribution in [2.75, 3.05) is 31.6 Å². The number of nitrogens with zero attached hydrogens (tertiary/aromatic N) is 1. The van der Waals surface area contributed by atoms with Crippen LogP contribution < -0.4 is 19.5 Å². The lowest BCUT2D eigenvalue weighted by atomic mass is 10.2. The number of hydrogen-bond donors (Lipinski definition) is 1. The van der Waals surface area contributed by atoms with E-state index in [9.17, 15) is 13.2 Å². The molecule has 0 fully saturated rings. The minimum absolute atomic E-state index is 0.110. The van der Waals surface area contributed by atoms with Crippen LogP contribution in [0.1, 0.15) is 47.5 Å². The number of sulfonamides is 1. The van der Waals surface area contributed by atoms with E-state index in [0.717, 1.165) is 0 Å². The predicted octanol–water partition coefficient (Wildman–Crippen LogP) is 4.70. The number of rotatable bonds is 14. The van der Waals surface area contributed by atoms with Crippen molar-refractivity contribution in [1.29, 1.82) is 0 Å². The van der Waals surface area contributed by atoms with E-state index in [1.807, 2.05) is 45.0 Å². The zero-order chi connectivity index (χ0) is 25.1. The van der Waals surface area contributed by atoms with Gasteiger partial charge in [-0.1, -0.05) is 26.0 Å². The van der Waals surface area contributed by atoms with Gasteiger partial charge >= 0.3 is 0 Å². The normalized spacial score (nSPS) is 11.5. The smallest absolute Gasteiger partial charge is 0.243 e. The van der Waals surface area contributed by atoms with Gasteiger partial charge in [0.25, 0.3) is 0 Å². The third-order valence-electron chi connectivity index (χ3n) is 4.89. The average Bonchev–Trinajstić information content (AvgIpc) is 2.79. The number of carbonyl (C=O) groups excluding carboxylic acids is 1. The molecule has 188 valence electrons. The van der Waals surface area contributed by atoms with E-state index in [-0.39, 0.29) is 23.3 Å². The molecule has 2 rings (SSSR count). The number of anilines is 1. The second kappa shape index (κ2) is 13.2. The van der Waals surface area contributed by atoms with E-state index in [0.29, 0.717) is 55.7 Å². The van der Waals surface area contributed by atoms with E-state index >= 15 is 0 Å². The fourth-order valence-electron chi connectivity index (χ4n) is 3.31. The van der Waals surface area contributed by atoms with Gasteiger partial charge in [0.15, 0.2) is 11.5 Å². The molecule has 0 saturated heterocycles. The van der Waals surface area contributed by atoms with Gasteiger partial charge in [-0.2, -0.15) is 4.31 Å². The van der Waals surface area contributed by atoms with Crippen molar-refractivity contribution in [2.24, 2.45) is 0 Å². The second-order valence-electron chi connectivity index (χ2n) is 7.79. The Morgan fingerprint density at radius 2 is 1.62 bits per heavy atom. The molecule has 0 atom stereocenters. The third kappa shape index (κ3) is 7.63. The van der Waals surface area contributed by atoms with Gasteiger partial charge in [-0.05, 0) is 57.5 Å². The maximum absolute atomic E-state index is 12.9. The topological polar surface area (TPSA) is 94.2 Å². The molecule has 0 aliphatic rings. The van der Waals surface area contributed by atoms with Crippen LogP contribution in [0, 0.1) is 0 Å². The Kier molecular flexibility index (Phi) is 10.7. The summed E-state index contributed by atoms with van der Waals surface area (Å²) in [4.78, 5) is 12.7. The Morgan fingerprint density at radius 1 is 0.971 bits per heavy atom. The van der Waals surface area contributed by atoms with Crippen LogP contribution in [0.4, 0.5) is 5.69 Å². The van der Waals surface area contributed by atoms with Crippen molar-refractivity contribution >= 4 is 21.6 Å². The molecule has 0 spiro atoms. The monoisotopic (exact) mass is 492 g/mol. The number of hydrogen-bond acceptors (Lipinski definition) is 6. The maximum atomic E-state index is 12.9. The summed E-state index contributed by atoms with van der Waals surface area (Å²) >= 11 is 0. The number of amides is 1. The molecular formula is C25H36N2O6S. The van der Waals surface area contributed by atoms with E-state index in [1.165, 1.54) is 16.4 Å². The standard InChI is InChI=1S/C25H36N2O6S/c1-6-27(7-2)34(29,30)20-15-16-22(33-19(4)5)21(18-20)26-25(28)14-11-17-32-24-13-10-9-12-23(24)31-8-3/h9-10,12-13,15-16,18-19H,6-8,11,14,17H2,1-5H3,(H,26,28). The fraction of sp³-hybridized carbons (Fsp3) is 0.480. The van der Waals surface area contributed by atoms with Crippen LogP contribution in [-0.4, -0.2) is 51.0 Å². The lowest BCUT2D eigenvalue weighted by molar-refractivity contribution is -0.116. The summed E-state index contributed by atoms with van der Waals surface area (Å²) in [6.07, 6.45) is 0.536. The molecule has 8 nitrogen and oxygen atoms in total. The molecule has 0 aliphatic carbocycles. The summed E-state index contributed by atoms with van der Waals surface area (Å²) in [6.45, 7) is 10.8. The lowest BCUT2D eigenvalue weighted by Gasteiger charge is -2.20. The van der Waals surface area contributed by atoms with Crippen molar-refractivity contribution in [3.8, 4) is 17.2 Å². The highest BCUT2D eigenvalue weighted by atomic mass is 32.2. The highest BCUT2D eigenvalue weighted by Crippen LogP contribution is 2.30. The van der Waals surface area contributed by atoms with Gasteiger partial charge in [0.05, 0.1) is 29.9 Å². The first kappa shape index (κ1) is 27.5. The SMILES string of the molecule is CCOc1ccccc1OCCCC(=O)Nc1cc(S(=O)(=O)N(CC)CC)ccc1OC(C)C. The van der Waals surface area contributed by atoms with Gasteiger partial charge in [-0.3, -0.25) is 4.79 Å². The van der Waals surface area contributed by atoms with Crippen molar-refractivity contribution in [2.45, 2.75) is 58.5 Å². The molecule has 0 unspecified atom stereocenters. The Bertz CT molecular complexity index is 1040. The highest BCUT2D eigenvalue weighted by Gasteiger charge is 2.23. The van der Waals surface area contributed by atoms with Crippen LogP contribution in [0.15, 0.2) is 47.4 Å². The Labute approximate surface area is 203 Å². The zero-order valence-electron chi connectivity index (χ0n) is 20.7. The first-order valence-corrected chi connectivity index (χ1v) is 13.1. The first-order chi connectivity index (χ1) is 16.2. The molecule has 0 radical (unpaired) electrons. The van der Waals surface area contributed by atoms with Crippen molar-refractivity contribution in [3.05, 3.63) is 42.5 Å². The van der Waals surface area contributed by atoms with Gasteiger partial charge < -0.3 is 19.5 Å². The minimum Gasteiger partial charge on any atom is -0.490 e. The molecule has 1 amide bonds. The van der Waals surface area contributed by atoms with Crippen LogP contribution in [0.2, 0.25) is 0 Å². The van der Waals surface area contributed by atoms with Crippen LogP contribution in [0.25, 0.3) is 0 Å². The quantitative estimate of drug-likeness (QED) is 0.384. The Hall–Kier alpha value is -2.78. The molecule has 34 heavy (non-hydrogen) atoms. The van der Waals surface area contributed by atoms with Crippen LogP contribution in [-0.2, 0) is 14.8 Å². The van der Waals surface area contributed by atoms with E-state index < -0.39 is 10.0 Å². The van der Waals surface area contributed by atoms with Crippen LogP contribution in [0.3, 0.4) is 0 Å². The molecule has 2 aromatic rings. The van der Waals surface area contributed by atoms with Crippen molar-refractivity contribution < 1.29 is 27.4 Å². The fourth-order valence-corrected chi connectivity index (χ4v) is 4.79. The van der Waals surface area contributed by atoms with Crippen LogP contribution in [0.5, 0.6) is 17.2 Å².